The van der Waals surface area contributed by atoms with Crippen LogP contribution in [0.15, 0.2) is 58.1 Å². The van der Waals surface area contributed by atoms with E-state index in [1.807, 2.05) is 12.1 Å². The molecule has 4 rings (SSSR count). The normalized spacial score (nSPS) is 14.9. The van der Waals surface area contributed by atoms with Crippen molar-refractivity contribution in [2.75, 3.05) is 52.5 Å². The number of fused-ring (bicyclic) bond motifs is 1. The summed E-state index contributed by atoms with van der Waals surface area (Å²) in [5.74, 6) is 1.85. The number of hydrogen-bond donors (Lipinski definition) is 3. The Balaban J connectivity index is 0.00000289. The van der Waals surface area contributed by atoms with Crippen LogP contribution in [0.3, 0.4) is 0 Å². The Hall–Kier alpha value is -2.04. The zero-order chi connectivity index (χ0) is 21.1. The maximum atomic E-state index is 5.43. The fourth-order valence-electron chi connectivity index (χ4n) is 3.83. The summed E-state index contributed by atoms with van der Waals surface area (Å²) in [5.41, 5.74) is 2.42. The van der Waals surface area contributed by atoms with Crippen molar-refractivity contribution in [1.82, 2.24) is 20.5 Å². The lowest BCUT2D eigenvalue weighted by Gasteiger charge is -2.26. The van der Waals surface area contributed by atoms with Crippen LogP contribution in [0.4, 0.5) is 0 Å². The number of nitrogens with one attached hydrogen (secondary N) is 3. The molecule has 0 aliphatic carbocycles. The molecule has 0 saturated carbocycles. The summed E-state index contributed by atoms with van der Waals surface area (Å²) in [7, 11) is 0. The first-order valence-electron chi connectivity index (χ1n) is 11.3. The third kappa shape index (κ3) is 7.83. The van der Waals surface area contributed by atoms with Crippen LogP contribution in [0.2, 0.25) is 0 Å². The van der Waals surface area contributed by atoms with E-state index in [1.54, 1.807) is 6.26 Å². The van der Waals surface area contributed by atoms with Crippen LogP contribution < -0.4 is 10.6 Å². The highest BCUT2D eigenvalue weighted by atomic mass is 127. The van der Waals surface area contributed by atoms with Gasteiger partial charge >= 0.3 is 0 Å². The fourth-order valence-corrected chi connectivity index (χ4v) is 3.83. The van der Waals surface area contributed by atoms with Crippen LogP contribution in [0.1, 0.15) is 17.9 Å². The number of furan rings is 1. The minimum atomic E-state index is 0. The molecule has 1 aliphatic rings. The number of aromatic amines is 1. The number of guanidine groups is 1. The van der Waals surface area contributed by atoms with E-state index in [1.165, 1.54) is 16.6 Å². The van der Waals surface area contributed by atoms with Gasteiger partial charge in [0, 0.05) is 63.3 Å². The Morgan fingerprint density at radius 3 is 2.62 bits per heavy atom. The van der Waals surface area contributed by atoms with E-state index < -0.39 is 0 Å². The van der Waals surface area contributed by atoms with Gasteiger partial charge in [-0.15, -0.1) is 24.0 Å². The minimum Gasteiger partial charge on any atom is -0.469 e. The quantitative estimate of drug-likeness (QED) is 0.156. The van der Waals surface area contributed by atoms with Gasteiger partial charge in [-0.25, -0.2) is 0 Å². The predicted octanol–water partition coefficient (Wildman–Crippen LogP) is 3.42. The van der Waals surface area contributed by atoms with Gasteiger partial charge in [-0.3, -0.25) is 9.89 Å². The number of nitrogens with zero attached hydrogens (tertiary/aromatic N) is 2. The van der Waals surface area contributed by atoms with Gasteiger partial charge in [-0.1, -0.05) is 18.2 Å². The van der Waals surface area contributed by atoms with E-state index in [4.69, 9.17) is 14.1 Å². The maximum absolute atomic E-state index is 5.43. The number of hydrogen-bond acceptors (Lipinski definition) is 4. The van der Waals surface area contributed by atoms with Gasteiger partial charge in [-0.05, 0) is 36.1 Å². The highest BCUT2D eigenvalue weighted by Crippen LogP contribution is 2.14. The van der Waals surface area contributed by atoms with Crippen molar-refractivity contribution in [2.24, 2.45) is 4.99 Å². The van der Waals surface area contributed by atoms with Crippen LogP contribution in [0.25, 0.3) is 10.9 Å². The fraction of sp³-hybridized carbons (Fsp3) is 0.458. The SMILES string of the molecule is I.c1coc(CCNC(=NCCCN2CCOCC2)NCCc2cc3ccccc3[nH]2)c1. The van der Waals surface area contributed by atoms with Crippen molar-refractivity contribution >= 4 is 40.8 Å². The molecule has 0 atom stereocenters. The molecule has 0 radical (unpaired) electrons. The van der Waals surface area contributed by atoms with Crippen molar-refractivity contribution in [3.63, 3.8) is 0 Å². The molecule has 7 nitrogen and oxygen atoms in total. The number of aliphatic imine (C=N–C) groups is 1. The molecule has 0 spiro atoms. The number of morpholine rings is 1. The van der Waals surface area contributed by atoms with Crippen molar-refractivity contribution in [3.05, 3.63) is 60.2 Å². The van der Waals surface area contributed by atoms with E-state index in [0.717, 1.165) is 83.5 Å². The van der Waals surface area contributed by atoms with Gasteiger partial charge in [0.2, 0.25) is 0 Å². The number of rotatable bonds is 10. The Morgan fingerprint density at radius 1 is 1.03 bits per heavy atom. The molecule has 174 valence electrons. The van der Waals surface area contributed by atoms with Gasteiger partial charge in [-0.2, -0.15) is 0 Å². The number of para-hydroxylation sites is 1. The standard InChI is InChI=1S/C24H33N5O2.HI/c1-2-7-23-20(5-1)19-21(28-23)8-11-26-24(27-12-9-22-6-3-16-31-22)25-10-4-13-29-14-17-30-18-15-29;/h1-3,5-7,16,19,28H,4,8-15,17-18H2,(H2,25,26,27);1H. The van der Waals surface area contributed by atoms with Crippen molar-refractivity contribution in [2.45, 2.75) is 19.3 Å². The lowest BCUT2D eigenvalue weighted by atomic mass is 10.2. The van der Waals surface area contributed by atoms with Gasteiger partial charge in [0.15, 0.2) is 5.96 Å². The summed E-state index contributed by atoms with van der Waals surface area (Å²) < 4.78 is 10.8. The molecule has 1 saturated heterocycles. The zero-order valence-corrected chi connectivity index (χ0v) is 20.8. The van der Waals surface area contributed by atoms with Crippen LogP contribution in [-0.2, 0) is 17.6 Å². The molecule has 1 aromatic carbocycles. The van der Waals surface area contributed by atoms with E-state index in [9.17, 15) is 0 Å². The molecule has 0 unspecified atom stereocenters. The first-order valence-corrected chi connectivity index (χ1v) is 11.3. The number of ether oxygens (including phenoxy) is 1. The van der Waals surface area contributed by atoms with E-state index in [0.29, 0.717) is 0 Å². The Labute approximate surface area is 207 Å². The zero-order valence-electron chi connectivity index (χ0n) is 18.5. The second kappa shape index (κ2) is 13.5. The molecule has 8 heteroatoms. The molecular formula is C24H34IN5O2. The summed E-state index contributed by atoms with van der Waals surface area (Å²) in [4.78, 5) is 10.7. The molecule has 3 N–H and O–H groups in total. The number of halogens is 1. The highest BCUT2D eigenvalue weighted by Gasteiger charge is 2.09. The average molecular weight is 551 g/mol. The molecule has 0 bridgehead atoms. The van der Waals surface area contributed by atoms with E-state index >= 15 is 0 Å². The first kappa shape index (κ1) is 24.6. The van der Waals surface area contributed by atoms with Crippen LogP contribution >= 0.6 is 24.0 Å². The van der Waals surface area contributed by atoms with E-state index in [-0.39, 0.29) is 24.0 Å². The smallest absolute Gasteiger partial charge is 0.191 e. The van der Waals surface area contributed by atoms with Crippen molar-refractivity contribution in [3.8, 4) is 0 Å². The summed E-state index contributed by atoms with van der Waals surface area (Å²) in [6, 6.07) is 14.5. The van der Waals surface area contributed by atoms with Crippen molar-refractivity contribution in [1.29, 1.82) is 0 Å². The highest BCUT2D eigenvalue weighted by molar-refractivity contribution is 14.0. The van der Waals surface area contributed by atoms with Gasteiger partial charge < -0.3 is 24.8 Å². The van der Waals surface area contributed by atoms with Crippen molar-refractivity contribution < 1.29 is 9.15 Å². The average Bonchev–Trinajstić information content (AvgIpc) is 3.46. The molecule has 2 aromatic heterocycles. The number of benzene rings is 1. The van der Waals surface area contributed by atoms with Gasteiger partial charge in [0.05, 0.1) is 19.5 Å². The Kier molecular flexibility index (Phi) is 10.4. The van der Waals surface area contributed by atoms with Gasteiger partial charge in [0.1, 0.15) is 5.76 Å². The Morgan fingerprint density at radius 2 is 1.84 bits per heavy atom. The summed E-state index contributed by atoms with van der Waals surface area (Å²) in [5, 5.41) is 8.19. The third-order valence-electron chi connectivity index (χ3n) is 5.52. The second-order valence-corrected chi connectivity index (χ2v) is 7.85. The molecule has 0 amide bonds. The first-order chi connectivity index (χ1) is 15.4. The minimum absolute atomic E-state index is 0. The maximum Gasteiger partial charge on any atom is 0.191 e. The second-order valence-electron chi connectivity index (χ2n) is 7.85. The molecule has 32 heavy (non-hydrogen) atoms. The molecule has 1 aliphatic heterocycles. The van der Waals surface area contributed by atoms with Crippen LogP contribution in [0.5, 0.6) is 0 Å². The molecule has 3 aromatic rings. The number of H-pyrrole nitrogens is 1. The largest absolute Gasteiger partial charge is 0.469 e. The monoisotopic (exact) mass is 551 g/mol. The molecule has 3 heterocycles. The molecule has 1 fully saturated rings. The summed E-state index contributed by atoms with van der Waals surface area (Å²) >= 11 is 0. The number of aromatic nitrogens is 1. The van der Waals surface area contributed by atoms with Crippen LogP contribution in [-0.4, -0.2) is 68.3 Å². The van der Waals surface area contributed by atoms with Crippen LogP contribution in [0, 0.1) is 0 Å². The predicted molar refractivity (Wildman–Crippen MR) is 140 cm³/mol. The lowest BCUT2D eigenvalue weighted by Crippen LogP contribution is -2.40. The van der Waals surface area contributed by atoms with Gasteiger partial charge in [0.25, 0.3) is 0 Å². The molecular weight excluding hydrogens is 517 g/mol. The summed E-state index contributed by atoms with van der Waals surface area (Å²) in [6.45, 7) is 7.23. The topological polar surface area (TPSA) is 77.8 Å². The third-order valence-corrected chi connectivity index (χ3v) is 5.52. The Bertz CT molecular complexity index is 902. The lowest BCUT2D eigenvalue weighted by molar-refractivity contribution is 0.0377. The summed E-state index contributed by atoms with van der Waals surface area (Å²) in [6.07, 6.45) is 4.52. The van der Waals surface area contributed by atoms with E-state index in [2.05, 4.69) is 50.8 Å².